The molecule has 7 heteroatoms. The first-order chi connectivity index (χ1) is 17.6. The van der Waals surface area contributed by atoms with Crippen LogP contribution in [0.5, 0.6) is 0 Å². The fraction of sp³-hybridized carbons (Fsp3) is 0.379. The highest BCUT2D eigenvalue weighted by atomic mass is 19.1. The van der Waals surface area contributed by atoms with Crippen LogP contribution in [0.1, 0.15) is 48.1 Å². The maximum Gasteiger partial charge on any atom is 0.157 e. The van der Waals surface area contributed by atoms with Crippen molar-refractivity contribution in [2.24, 2.45) is 4.99 Å². The fourth-order valence-electron chi connectivity index (χ4n) is 6.18. The van der Waals surface area contributed by atoms with Crippen molar-refractivity contribution in [1.82, 2.24) is 14.6 Å². The van der Waals surface area contributed by atoms with Gasteiger partial charge in [-0.2, -0.15) is 0 Å². The second-order valence-corrected chi connectivity index (χ2v) is 10.3. The van der Waals surface area contributed by atoms with Gasteiger partial charge in [0, 0.05) is 31.3 Å². The molecule has 2 fully saturated rings. The van der Waals surface area contributed by atoms with Gasteiger partial charge >= 0.3 is 0 Å². The van der Waals surface area contributed by atoms with Gasteiger partial charge in [0.1, 0.15) is 11.7 Å². The van der Waals surface area contributed by atoms with Crippen LogP contribution in [0.25, 0.3) is 11.8 Å². The predicted octanol–water partition coefficient (Wildman–Crippen LogP) is 5.24. The van der Waals surface area contributed by atoms with Crippen molar-refractivity contribution < 1.29 is 9.13 Å². The number of aryl methyl sites for hydroxylation is 1. The van der Waals surface area contributed by atoms with Crippen LogP contribution in [0.15, 0.2) is 59.5 Å². The van der Waals surface area contributed by atoms with Crippen LogP contribution in [0.4, 0.5) is 10.1 Å². The second-order valence-electron chi connectivity index (χ2n) is 10.3. The Morgan fingerprint density at radius 1 is 1.00 bits per heavy atom. The van der Waals surface area contributed by atoms with Crippen molar-refractivity contribution in [1.29, 1.82) is 0 Å². The first-order valence-electron chi connectivity index (χ1n) is 13.0. The zero-order valence-electron chi connectivity index (χ0n) is 20.6. The lowest BCUT2D eigenvalue weighted by molar-refractivity contribution is 0.0460. The maximum absolute atomic E-state index is 13.8. The minimum Gasteiger partial charge on any atom is -0.381 e. The average Bonchev–Trinajstić information content (AvgIpc) is 3.43. The molecule has 1 spiro atoms. The van der Waals surface area contributed by atoms with Crippen LogP contribution < -0.4 is 5.01 Å². The number of ether oxygens (including phenoxy) is 1. The topological polar surface area (TPSA) is 45.9 Å². The molecule has 4 aliphatic rings. The molecule has 0 N–H and O–H groups in total. The minimum atomic E-state index is -0.372. The zero-order chi connectivity index (χ0) is 24.3. The van der Waals surface area contributed by atoms with Gasteiger partial charge in [0.15, 0.2) is 5.66 Å². The van der Waals surface area contributed by atoms with Gasteiger partial charge in [-0.1, -0.05) is 6.07 Å². The van der Waals surface area contributed by atoms with E-state index in [1.54, 1.807) is 12.1 Å². The number of aliphatic imine (C=N–C) groups is 1. The summed E-state index contributed by atoms with van der Waals surface area (Å²) in [7, 11) is 0. The number of nitrogens with zero attached hydrogens (tertiary/aromatic N) is 5. The molecular formula is C29H30FN5O. The molecule has 6 nitrogen and oxygen atoms in total. The van der Waals surface area contributed by atoms with E-state index in [0.29, 0.717) is 13.2 Å². The molecule has 0 atom stereocenters. The van der Waals surface area contributed by atoms with Gasteiger partial charge in [0.2, 0.25) is 0 Å². The minimum absolute atomic E-state index is 0.216. The quantitative estimate of drug-likeness (QED) is 0.511. The van der Waals surface area contributed by atoms with E-state index >= 15 is 0 Å². The summed E-state index contributed by atoms with van der Waals surface area (Å²) < 4.78 is 21.6. The lowest BCUT2D eigenvalue weighted by Gasteiger charge is -2.45. The number of aromatic nitrogens is 2. The second kappa shape index (κ2) is 8.30. The summed E-state index contributed by atoms with van der Waals surface area (Å²) in [5.74, 6) is 0.848. The summed E-state index contributed by atoms with van der Waals surface area (Å²) in [6.45, 7) is 4.31. The number of fused-ring (bicyclic) bond motifs is 2. The smallest absolute Gasteiger partial charge is 0.157 e. The standard InChI is InChI=1S/C29H30FN5O/c1-20-18-33(19-31-20)27-11-4-21(25-9-10-26(25)27)17-22-3-2-14-34-28(22)32-29(12-15-36-16-13-29)35(34)24-7-5-23(30)6-8-24/h4-8,11,17-19H,2-3,9-10,12-16H2,1H3. The third-order valence-corrected chi connectivity index (χ3v) is 8.05. The van der Waals surface area contributed by atoms with Crippen molar-refractivity contribution in [3.63, 3.8) is 0 Å². The molecule has 0 bridgehead atoms. The van der Waals surface area contributed by atoms with Gasteiger partial charge in [-0.15, -0.1) is 0 Å². The Kier molecular flexibility index (Phi) is 5.03. The van der Waals surface area contributed by atoms with Crippen LogP contribution in [-0.2, 0) is 17.6 Å². The fourth-order valence-corrected chi connectivity index (χ4v) is 6.18. The van der Waals surface area contributed by atoms with Gasteiger partial charge < -0.3 is 9.30 Å². The molecule has 184 valence electrons. The van der Waals surface area contributed by atoms with E-state index in [9.17, 15) is 4.39 Å². The third kappa shape index (κ3) is 3.40. The first-order valence-corrected chi connectivity index (χ1v) is 13.0. The molecule has 7 rings (SSSR count). The van der Waals surface area contributed by atoms with Crippen LogP contribution in [0.3, 0.4) is 0 Å². The Balaban J connectivity index is 1.28. The largest absolute Gasteiger partial charge is 0.381 e. The van der Waals surface area contributed by atoms with E-state index in [0.717, 1.165) is 62.3 Å². The molecule has 2 saturated heterocycles. The molecule has 4 heterocycles. The number of amidine groups is 1. The highest BCUT2D eigenvalue weighted by Gasteiger charge is 2.49. The molecule has 3 aromatic rings. The van der Waals surface area contributed by atoms with E-state index in [1.807, 2.05) is 25.4 Å². The number of hydrogen-bond acceptors (Lipinski definition) is 5. The van der Waals surface area contributed by atoms with Crippen molar-refractivity contribution in [2.45, 2.75) is 51.1 Å². The van der Waals surface area contributed by atoms with Gasteiger partial charge in [-0.05, 0) is 91.3 Å². The van der Waals surface area contributed by atoms with Crippen molar-refractivity contribution in [3.8, 4) is 5.69 Å². The predicted molar refractivity (Wildman–Crippen MR) is 139 cm³/mol. The summed E-state index contributed by atoms with van der Waals surface area (Å²) in [5.41, 5.74) is 8.35. The third-order valence-electron chi connectivity index (χ3n) is 8.05. The molecule has 3 aliphatic heterocycles. The number of rotatable bonds is 3. The van der Waals surface area contributed by atoms with Crippen molar-refractivity contribution >= 4 is 17.6 Å². The Bertz CT molecular complexity index is 1380. The molecule has 0 unspecified atom stereocenters. The van der Waals surface area contributed by atoms with E-state index in [-0.39, 0.29) is 11.5 Å². The Hall–Kier alpha value is -3.45. The molecule has 0 radical (unpaired) electrons. The number of benzene rings is 2. The summed E-state index contributed by atoms with van der Waals surface area (Å²) in [5, 5.41) is 4.66. The highest BCUT2D eigenvalue weighted by Crippen LogP contribution is 2.43. The lowest BCUT2D eigenvalue weighted by Crippen LogP contribution is -2.56. The van der Waals surface area contributed by atoms with E-state index < -0.39 is 0 Å². The number of hydrazine groups is 1. The number of halogens is 1. The molecule has 2 aromatic carbocycles. The van der Waals surface area contributed by atoms with Crippen LogP contribution in [0.2, 0.25) is 0 Å². The van der Waals surface area contributed by atoms with Gasteiger partial charge in [0.05, 0.1) is 30.9 Å². The molecule has 1 aromatic heterocycles. The Labute approximate surface area is 210 Å². The van der Waals surface area contributed by atoms with E-state index in [1.165, 1.54) is 28.0 Å². The SMILES string of the molecule is Cc1cn(-c2ccc(C=C3CCCN4C3=NC3(CCOCC3)N4c3ccc(F)cc3)c3c2CC3)cn1. The number of piperidine rings is 1. The van der Waals surface area contributed by atoms with Crippen LogP contribution in [-0.4, -0.2) is 45.8 Å². The van der Waals surface area contributed by atoms with Crippen molar-refractivity contribution in [2.75, 3.05) is 24.8 Å². The first kappa shape index (κ1) is 21.8. The van der Waals surface area contributed by atoms with Crippen LogP contribution >= 0.6 is 0 Å². The van der Waals surface area contributed by atoms with Crippen LogP contribution in [0, 0.1) is 12.7 Å². The zero-order valence-corrected chi connectivity index (χ0v) is 20.6. The molecular weight excluding hydrogens is 453 g/mol. The van der Waals surface area contributed by atoms with Gasteiger partial charge in [-0.25, -0.2) is 14.4 Å². The molecule has 36 heavy (non-hydrogen) atoms. The van der Waals surface area contributed by atoms with Gasteiger partial charge in [0.25, 0.3) is 0 Å². The summed E-state index contributed by atoms with van der Waals surface area (Å²) in [6.07, 6.45) is 12.3. The number of hydrogen-bond donors (Lipinski definition) is 0. The Morgan fingerprint density at radius 3 is 2.53 bits per heavy atom. The number of anilines is 1. The Morgan fingerprint density at radius 2 is 1.81 bits per heavy atom. The average molecular weight is 484 g/mol. The monoisotopic (exact) mass is 483 g/mol. The normalized spacial score (nSPS) is 21.4. The summed E-state index contributed by atoms with van der Waals surface area (Å²) in [4.78, 5) is 9.82. The maximum atomic E-state index is 13.8. The van der Waals surface area contributed by atoms with E-state index in [4.69, 9.17) is 9.73 Å². The molecule has 0 saturated carbocycles. The highest BCUT2D eigenvalue weighted by molar-refractivity contribution is 6.05. The lowest BCUT2D eigenvalue weighted by atomic mass is 9.82. The van der Waals surface area contributed by atoms with Gasteiger partial charge in [-0.3, -0.25) is 10.0 Å². The summed E-state index contributed by atoms with van der Waals surface area (Å²) in [6, 6.07) is 11.3. The van der Waals surface area contributed by atoms with E-state index in [2.05, 4.69) is 44.0 Å². The van der Waals surface area contributed by atoms with Crippen molar-refractivity contribution in [3.05, 3.63) is 82.7 Å². The molecule has 1 aliphatic carbocycles. The number of imidazole rings is 1. The molecule has 0 amide bonds. The summed E-state index contributed by atoms with van der Waals surface area (Å²) >= 11 is 0.